The van der Waals surface area contributed by atoms with Gasteiger partial charge < -0.3 is 10.2 Å². The van der Waals surface area contributed by atoms with Crippen molar-refractivity contribution in [1.82, 2.24) is 20.0 Å². The predicted molar refractivity (Wildman–Crippen MR) is 75.2 cm³/mol. The zero-order valence-electron chi connectivity index (χ0n) is 11.1. The van der Waals surface area contributed by atoms with Crippen LogP contribution in [-0.4, -0.2) is 40.9 Å². The molecule has 0 radical (unpaired) electrons. The van der Waals surface area contributed by atoms with Gasteiger partial charge in [-0.3, -0.25) is 0 Å². The lowest BCUT2D eigenvalue weighted by molar-refractivity contribution is 0.284. The van der Waals surface area contributed by atoms with E-state index < -0.39 is 0 Å². The van der Waals surface area contributed by atoms with Gasteiger partial charge in [0.2, 0.25) is 0 Å². The summed E-state index contributed by atoms with van der Waals surface area (Å²) >= 11 is 0. The molecule has 4 heteroatoms. The van der Waals surface area contributed by atoms with Crippen LogP contribution in [0, 0.1) is 0 Å². The summed E-state index contributed by atoms with van der Waals surface area (Å²) in [6.45, 7) is 9.34. The molecule has 2 rings (SSSR count). The van der Waals surface area contributed by atoms with E-state index in [1.807, 2.05) is 12.4 Å². The third kappa shape index (κ3) is 4.27. The molecule has 1 saturated heterocycles. The molecule has 0 atom stereocenters. The van der Waals surface area contributed by atoms with Gasteiger partial charge in [-0.25, -0.2) is 4.68 Å². The molecule has 0 saturated carbocycles. The minimum Gasteiger partial charge on any atom is -0.311 e. The van der Waals surface area contributed by atoms with Gasteiger partial charge in [-0.05, 0) is 25.9 Å². The summed E-state index contributed by atoms with van der Waals surface area (Å²) in [6.07, 6.45) is 11.2. The van der Waals surface area contributed by atoms with Crippen LogP contribution in [0.3, 0.4) is 0 Å². The van der Waals surface area contributed by atoms with Crippen molar-refractivity contribution in [3.05, 3.63) is 24.5 Å². The molecule has 18 heavy (non-hydrogen) atoms. The summed E-state index contributed by atoms with van der Waals surface area (Å²) in [5, 5.41) is 7.64. The van der Waals surface area contributed by atoms with Gasteiger partial charge in [-0.2, -0.15) is 5.10 Å². The van der Waals surface area contributed by atoms with E-state index in [-0.39, 0.29) is 0 Å². The van der Waals surface area contributed by atoms with Gasteiger partial charge in [0.25, 0.3) is 0 Å². The summed E-state index contributed by atoms with van der Waals surface area (Å²) in [7, 11) is 0. The van der Waals surface area contributed by atoms with E-state index in [9.17, 15) is 0 Å². The van der Waals surface area contributed by atoms with E-state index in [2.05, 4.69) is 21.9 Å². The SMILES string of the molecule is C=Cn1cc(CNCCN2CCCCCC2)cn1. The van der Waals surface area contributed by atoms with Gasteiger partial charge in [0.15, 0.2) is 0 Å². The quantitative estimate of drug-likeness (QED) is 0.781. The van der Waals surface area contributed by atoms with Crippen molar-refractivity contribution < 1.29 is 0 Å². The molecule has 1 aliphatic heterocycles. The molecule has 1 fully saturated rings. The van der Waals surface area contributed by atoms with Gasteiger partial charge in [0.05, 0.1) is 6.20 Å². The molecule has 0 bridgehead atoms. The summed E-state index contributed by atoms with van der Waals surface area (Å²) in [4.78, 5) is 2.58. The Morgan fingerprint density at radius 1 is 1.28 bits per heavy atom. The van der Waals surface area contributed by atoms with Crippen LogP contribution in [0.15, 0.2) is 19.0 Å². The number of aromatic nitrogens is 2. The molecule has 1 aliphatic rings. The highest BCUT2D eigenvalue weighted by Gasteiger charge is 2.07. The Morgan fingerprint density at radius 2 is 2.06 bits per heavy atom. The average Bonchev–Trinajstić information content (AvgIpc) is 2.70. The van der Waals surface area contributed by atoms with E-state index >= 15 is 0 Å². The third-order valence-corrected chi connectivity index (χ3v) is 3.47. The van der Waals surface area contributed by atoms with E-state index in [0.717, 1.165) is 19.6 Å². The molecule has 0 amide bonds. The number of rotatable bonds is 6. The largest absolute Gasteiger partial charge is 0.311 e. The van der Waals surface area contributed by atoms with Crippen molar-refractivity contribution in [2.45, 2.75) is 32.2 Å². The maximum atomic E-state index is 4.16. The molecular formula is C14H24N4. The van der Waals surface area contributed by atoms with E-state index in [4.69, 9.17) is 0 Å². The molecule has 100 valence electrons. The maximum Gasteiger partial charge on any atom is 0.0538 e. The molecule has 1 aromatic rings. The zero-order valence-corrected chi connectivity index (χ0v) is 11.1. The maximum absolute atomic E-state index is 4.16. The highest BCUT2D eigenvalue weighted by molar-refractivity contribution is 5.17. The van der Waals surface area contributed by atoms with Crippen LogP contribution in [0.1, 0.15) is 31.2 Å². The number of hydrogen-bond donors (Lipinski definition) is 1. The monoisotopic (exact) mass is 248 g/mol. The van der Waals surface area contributed by atoms with Gasteiger partial charge in [0.1, 0.15) is 0 Å². The van der Waals surface area contributed by atoms with Gasteiger partial charge in [0, 0.05) is 37.6 Å². The molecule has 0 spiro atoms. The minimum atomic E-state index is 0.891. The summed E-state index contributed by atoms with van der Waals surface area (Å²) < 4.78 is 1.74. The predicted octanol–water partition coefficient (Wildman–Crippen LogP) is 1.95. The van der Waals surface area contributed by atoms with Crippen LogP contribution in [0.4, 0.5) is 0 Å². The van der Waals surface area contributed by atoms with E-state index in [1.165, 1.54) is 44.3 Å². The van der Waals surface area contributed by atoms with E-state index in [0.29, 0.717) is 0 Å². The topological polar surface area (TPSA) is 33.1 Å². The van der Waals surface area contributed by atoms with Crippen LogP contribution in [0.2, 0.25) is 0 Å². The van der Waals surface area contributed by atoms with Gasteiger partial charge >= 0.3 is 0 Å². The second kappa shape index (κ2) is 7.34. The number of likely N-dealkylation sites (tertiary alicyclic amines) is 1. The van der Waals surface area contributed by atoms with Crippen molar-refractivity contribution in [2.75, 3.05) is 26.2 Å². The lowest BCUT2D eigenvalue weighted by Crippen LogP contribution is -2.32. The van der Waals surface area contributed by atoms with Crippen LogP contribution in [-0.2, 0) is 6.54 Å². The molecule has 4 nitrogen and oxygen atoms in total. The summed E-state index contributed by atoms with van der Waals surface area (Å²) in [5.74, 6) is 0. The van der Waals surface area contributed by atoms with Crippen LogP contribution in [0.25, 0.3) is 6.20 Å². The first-order valence-electron chi connectivity index (χ1n) is 6.97. The molecule has 0 aliphatic carbocycles. The van der Waals surface area contributed by atoms with Gasteiger partial charge in [-0.1, -0.05) is 19.4 Å². The first kappa shape index (κ1) is 13.3. The Hall–Kier alpha value is -1.13. The van der Waals surface area contributed by atoms with Gasteiger partial charge in [-0.15, -0.1) is 0 Å². The fraction of sp³-hybridized carbons (Fsp3) is 0.643. The minimum absolute atomic E-state index is 0.891. The Morgan fingerprint density at radius 3 is 2.72 bits per heavy atom. The fourth-order valence-corrected chi connectivity index (χ4v) is 2.40. The Kier molecular flexibility index (Phi) is 5.42. The Balaban J connectivity index is 1.61. The Labute approximate surface area is 110 Å². The molecule has 1 N–H and O–H groups in total. The Bertz CT molecular complexity index is 350. The first-order valence-corrected chi connectivity index (χ1v) is 6.97. The van der Waals surface area contributed by atoms with Crippen molar-refractivity contribution in [3.8, 4) is 0 Å². The van der Waals surface area contributed by atoms with Crippen LogP contribution < -0.4 is 5.32 Å². The number of nitrogens with zero attached hydrogens (tertiary/aromatic N) is 3. The molecule has 2 heterocycles. The second-order valence-electron chi connectivity index (χ2n) is 4.94. The third-order valence-electron chi connectivity index (χ3n) is 3.47. The highest BCUT2D eigenvalue weighted by Crippen LogP contribution is 2.08. The molecule has 0 aromatic carbocycles. The standard InChI is InChI=1S/C14H24N4/c1-2-18-13-14(12-16-18)11-15-7-10-17-8-5-3-4-6-9-17/h2,12-13,15H,1,3-11H2. The lowest BCUT2D eigenvalue weighted by atomic mass is 10.2. The molecular weight excluding hydrogens is 224 g/mol. The average molecular weight is 248 g/mol. The fourth-order valence-electron chi connectivity index (χ4n) is 2.40. The summed E-state index contributed by atoms with van der Waals surface area (Å²) in [5.41, 5.74) is 1.21. The summed E-state index contributed by atoms with van der Waals surface area (Å²) in [6, 6.07) is 0. The van der Waals surface area contributed by atoms with Crippen molar-refractivity contribution >= 4 is 6.20 Å². The molecule has 1 aromatic heterocycles. The number of nitrogens with one attached hydrogen (secondary N) is 1. The highest BCUT2D eigenvalue weighted by atomic mass is 15.2. The van der Waals surface area contributed by atoms with Crippen molar-refractivity contribution in [3.63, 3.8) is 0 Å². The molecule has 0 unspecified atom stereocenters. The lowest BCUT2D eigenvalue weighted by Gasteiger charge is -2.19. The normalized spacial score (nSPS) is 17.6. The van der Waals surface area contributed by atoms with E-state index in [1.54, 1.807) is 10.9 Å². The second-order valence-corrected chi connectivity index (χ2v) is 4.94. The van der Waals surface area contributed by atoms with Crippen molar-refractivity contribution in [2.24, 2.45) is 0 Å². The van der Waals surface area contributed by atoms with Crippen LogP contribution >= 0.6 is 0 Å². The van der Waals surface area contributed by atoms with Crippen LogP contribution in [0.5, 0.6) is 0 Å². The first-order chi connectivity index (χ1) is 8.88. The zero-order chi connectivity index (χ0) is 12.6. The smallest absolute Gasteiger partial charge is 0.0538 e. The number of hydrogen-bond acceptors (Lipinski definition) is 3. The van der Waals surface area contributed by atoms with Crippen molar-refractivity contribution in [1.29, 1.82) is 0 Å².